The molecule has 1 aromatic carbocycles. The normalized spacial score (nSPS) is 22.9. The van der Waals surface area contributed by atoms with Crippen molar-refractivity contribution in [2.24, 2.45) is 5.92 Å². The second-order valence-electron chi connectivity index (χ2n) is 6.96. The summed E-state index contributed by atoms with van der Waals surface area (Å²) < 4.78 is 1.00. The fourth-order valence-electron chi connectivity index (χ4n) is 3.22. The molecule has 24 heavy (non-hydrogen) atoms. The topological polar surface area (TPSA) is 69.6 Å². The number of rotatable bonds is 8. The molecule has 0 aromatic heterocycles. The summed E-state index contributed by atoms with van der Waals surface area (Å²) in [6.07, 6.45) is 4.53. The van der Waals surface area contributed by atoms with Crippen LogP contribution < -0.4 is 5.32 Å². The quantitative estimate of drug-likeness (QED) is 0.710. The highest BCUT2D eigenvalue weighted by Gasteiger charge is 2.37. The highest BCUT2D eigenvalue weighted by Crippen LogP contribution is 2.33. The largest absolute Gasteiger partial charge is 0.480 e. The van der Waals surface area contributed by atoms with Crippen molar-refractivity contribution < 1.29 is 14.7 Å². The minimum absolute atomic E-state index is 0.0350. The lowest BCUT2D eigenvalue weighted by molar-refractivity contribution is -0.140. The van der Waals surface area contributed by atoms with Crippen molar-refractivity contribution in [2.45, 2.75) is 44.2 Å². The van der Waals surface area contributed by atoms with E-state index in [1.165, 1.54) is 12.8 Å². The van der Waals surface area contributed by atoms with Crippen LogP contribution in [0.2, 0.25) is 0 Å². The fourth-order valence-corrected chi connectivity index (χ4v) is 3.48. The standard InChI is InChI=1S/C18H23BrN2O3/c19-14-5-3-12(4-6-14)7-17(22)20-15-8-16(9-15)21(11-18(23)24)10-13-1-2-13/h3-6,13,15-16H,1-2,7-11H2,(H,20,22)(H,23,24). The van der Waals surface area contributed by atoms with E-state index in [1.54, 1.807) is 0 Å². The minimum Gasteiger partial charge on any atom is -0.480 e. The molecule has 5 nitrogen and oxygen atoms in total. The fraction of sp³-hybridized carbons (Fsp3) is 0.556. The number of carbonyl (C=O) groups excluding carboxylic acids is 1. The van der Waals surface area contributed by atoms with Crippen molar-refractivity contribution in [3.8, 4) is 0 Å². The molecule has 1 aromatic rings. The van der Waals surface area contributed by atoms with Crippen molar-refractivity contribution in [3.05, 3.63) is 34.3 Å². The third-order valence-corrected chi connectivity index (χ3v) is 5.33. The summed E-state index contributed by atoms with van der Waals surface area (Å²) in [6, 6.07) is 8.22. The van der Waals surface area contributed by atoms with Gasteiger partial charge in [0.2, 0.25) is 5.91 Å². The number of carbonyl (C=O) groups is 2. The first-order chi connectivity index (χ1) is 11.5. The Balaban J connectivity index is 1.42. The molecule has 6 heteroatoms. The maximum Gasteiger partial charge on any atom is 0.317 e. The van der Waals surface area contributed by atoms with Gasteiger partial charge < -0.3 is 10.4 Å². The first kappa shape index (κ1) is 17.4. The average Bonchev–Trinajstić information content (AvgIpc) is 3.28. The molecule has 2 fully saturated rings. The van der Waals surface area contributed by atoms with E-state index in [-0.39, 0.29) is 18.5 Å². The number of halogens is 1. The van der Waals surface area contributed by atoms with Gasteiger partial charge in [-0.05, 0) is 49.3 Å². The van der Waals surface area contributed by atoms with E-state index < -0.39 is 5.97 Å². The Morgan fingerprint density at radius 3 is 2.46 bits per heavy atom. The first-order valence-electron chi connectivity index (χ1n) is 8.49. The Morgan fingerprint density at radius 2 is 1.88 bits per heavy atom. The van der Waals surface area contributed by atoms with Gasteiger partial charge in [0, 0.05) is 23.1 Å². The second kappa shape index (κ2) is 7.66. The Bertz CT molecular complexity index is 595. The molecule has 0 aliphatic heterocycles. The van der Waals surface area contributed by atoms with E-state index in [9.17, 15) is 9.59 Å². The molecule has 2 aliphatic rings. The molecule has 2 saturated carbocycles. The van der Waals surface area contributed by atoms with Gasteiger partial charge in [-0.1, -0.05) is 28.1 Å². The zero-order valence-corrected chi connectivity index (χ0v) is 15.2. The molecule has 0 unspecified atom stereocenters. The Labute approximate surface area is 150 Å². The zero-order valence-electron chi connectivity index (χ0n) is 13.6. The highest BCUT2D eigenvalue weighted by molar-refractivity contribution is 9.10. The van der Waals surface area contributed by atoms with E-state index in [4.69, 9.17) is 5.11 Å². The van der Waals surface area contributed by atoms with Crippen molar-refractivity contribution in [3.63, 3.8) is 0 Å². The van der Waals surface area contributed by atoms with Crippen LogP contribution in [0.1, 0.15) is 31.2 Å². The molecule has 130 valence electrons. The van der Waals surface area contributed by atoms with Gasteiger partial charge in [-0.3, -0.25) is 14.5 Å². The van der Waals surface area contributed by atoms with E-state index in [0.29, 0.717) is 18.4 Å². The molecular weight excluding hydrogens is 372 g/mol. The van der Waals surface area contributed by atoms with Gasteiger partial charge in [0.1, 0.15) is 0 Å². The molecule has 2 aliphatic carbocycles. The number of aliphatic carboxylic acids is 1. The summed E-state index contributed by atoms with van der Waals surface area (Å²) in [5.41, 5.74) is 0.993. The third kappa shape index (κ3) is 5.05. The average molecular weight is 395 g/mol. The SMILES string of the molecule is O=C(O)CN(CC1CC1)C1CC(NC(=O)Cc2ccc(Br)cc2)C1. The second-order valence-corrected chi connectivity index (χ2v) is 7.88. The molecule has 3 rings (SSSR count). The molecule has 0 bridgehead atoms. The number of hydrogen-bond acceptors (Lipinski definition) is 3. The lowest BCUT2D eigenvalue weighted by Gasteiger charge is -2.42. The summed E-state index contributed by atoms with van der Waals surface area (Å²) in [5, 5.41) is 12.1. The van der Waals surface area contributed by atoms with Crippen LogP contribution in [0.25, 0.3) is 0 Å². The molecule has 0 heterocycles. The number of carboxylic acid groups (broad SMARTS) is 1. The van der Waals surface area contributed by atoms with E-state index in [0.717, 1.165) is 29.4 Å². The van der Waals surface area contributed by atoms with Crippen LogP contribution in [0.15, 0.2) is 28.7 Å². The smallest absolute Gasteiger partial charge is 0.317 e. The van der Waals surface area contributed by atoms with Crippen LogP contribution in [0.5, 0.6) is 0 Å². The van der Waals surface area contributed by atoms with Gasteiger partial charge in [-0.25, -0.2) is 0 Å². The van der Waals surface area contributed by atoms with Gasteiger partial charge in [-0.2, -0.15) is 0 Å². The lowest BCUT2D eigenvalue weighted by atomic mass is 9.85. The summed E-state index contributed by atoms with van der Waals surface area (Å²) >= 11 is 3.38. The molecule has 0 atom stereocenters. The van der Waals surface area contributed by atoms with E-state index in [1.807, 2.05) is 24.3 Å². The lowest BCUT2D eigenvalue weighted by Crippen LogP contribution is -2.55. The number of amides is 1. The first-order valence-corrected chi connectivity index (χ1v) is 9.28. The maximum absolute atomic E-state index is 12.1. The summed E-state index contributed by atoms with van der Waals surface area (Å²) in [5.74, 6) is -0.0541. The maximum atomic E-state index is 12.1. The van der Waals surface area contributed by atoms with Crippen molar-refractivity contribution in [1.82, 2.24) is 10.2 Å². The highest BCUT2D eigenvalue weighted by atomic mass is 79.9. The Kier molecular flexibility index (Phi) is 5.56. The van der Waals surface area contributed by atoms with Gasteiger partial charge >= 0.3 is 5.97 Å². The van der Waals surface area contributed by atoms with Gasteiger partial charge in [-0.15, -0.1) is 0 Å². The van der Waals surface area contributed by atoms with Gasteiger partial charge in [0.15, 0.2) is 0 Å². The molecule has 0 spiro atoms. The van der Waals surface area contributed by atoms with Gasteiger partial charge in [0.25, 0.3) is 0 Å². The molecule has 0 radical (unpaired) electrons. The van der Waals surface area contributed by atoms with Gasteiger partial charge in [0.05, 0.1) is 13.0 Å². The summed E-state index contributed by atoms with van der Waals surface area (Å²) in [6.45, 7) is 0.997. The molecule has 1 amide bonds. The van der Waals surface area contributed by atoms with Crippen LogP contribution in [0.3, 0.4) is 0 Å². The Morgan fingerprint density at radius 1 is 1.21 bits per heavy atom. The van der Waals surface area contributed by atoms with Crippen molar-refractivity contribution in [2.75, 3.05) is 13.1 Å². The zero-order chi connectivity index (χ0) is 17.1. The molecule has 2 N–H and O–H groups in total. The van der Waals surface area contributed by atoms with Crippen molar-refractivity contribution in [1.29, 1.82) is 0 Å². The summed E-state index contributed by atoms with van der Waals surface area (Å²) in [4.78, 5) is 25.2. The molecule has 0 saturated heterocycles. The van der Waals surface area contributed by atoms with Crippen molar-refractivity contribution >= 4 is 27.8 Å². The van der Waals surface area contributed by atoms with Crippen LogP contribution in [0, 0.1) is 5.92 Å². The number of benzene rings is 1. The third-order valence-electron chi connectivity index (χ3n) is 4.80. The predicted octanol–water partition coefficient (Wildman–Crippen LogP) is 2.44. The van der Waals surface area contributed by atoms with E-state index in [2.05, 4.69) is 26.1 Å². The number of nitrogens with one attached hydrogen (secondary N) is 1. The number of nitrogens with zero attached hydrogens (tertiary/aromatic N) is 1. The summed E-state index contributed by atoms with van der Waals surface area (Å²) in [7, 11) is 0. The number of carboxylic acids is 1. The Hall–Kier alpha value is -1.40. The minimum atomic E-state index is -0.765. The monoisotopic (exact) mass is 394 g/mol. The van der Waals surface area contributed by atoms with Crippen LogP contribution in [-0.4, -0.2) is 47.1 Å². The van der Waals surface area contributed by atoms with Crippen LogP contribution in [-0.2, 0) is 16.0 Å². The predicted molar refractivity (Wildman–Crippen MR) is 94.7 cm³/mol. The van der Waals surface area contributed by atoms with Crippen LogP contribution >= 0.6 is 15.9 Å². The van der Waals surface area contributed by atoms with E-state index >= 15 is 0 Å². The molecular formula is C18H23BrN2O3. The van der Waals surface area contributed by atoms with Crippen LogP contribution in [0.4, 0.5) is 0 Å². The number of hydrogen-bond donors (Lipinski definition) is 2.